The first kappa shape index (κ1) is 12.9. The van der Waals surface area contributed by atoms with E-state index in [1.807, 2.05) is 6.92 Å². The molecule has 0 aromatic rings. The third-order valence-electron chi connectivity index (χ3n) is 2.67. The maximum Gasteiger partial charge on any atom is 0.0897 e. The molecule has 2 N–H and O–H groups in total. The summed E-state index contributed by atoms with van der Waals surface area (Å²) in [5.74, 6) is 0.707. The lowest BCUT2D eigenvalue weighted by Crippen LogP contribution is -2.35. The van der Waals surface area contributed by atoms with E-state index in [4.69, 9.17) is 9.47 Å². The summed E-state index contributed by atoms with van der Waals surface area (Å²) < 4.78 is 10.4. The van der Waals surface area contributed by atoms with Crippen molar-refractivity contribution in [3.05, 3.63) is 0 Å². The minimum absolute atomic E-state index is 0.384. The van der Waals surface area contributed by atoms with Crippen molar-refractivity contribution in [3.8, 4) is 0 Å². The summed E-state index contributed by atoms with van der Waals surface area (Å²) in [6.45, 7) is 6.39. The van der Waals surface area contributed by atoms with Crippen molar-refractivity contribution >= 4 is 0 Å². The van der Waals surface area contributed by atoms with Gasteiger partial charge in [-0.25, -0.2) is 0 Å². The van der Waals surface area contributed by atoms with Crippen LogP contribution in [0.15, 0.2) is 0 Å². The third-order valence-corrected chi connectivity index (χ3v) is 2.67. The molecule has 1 unspecified atom stereocenters. The van der Waals surface area contributed by atoms with Crippen molar-refractivity contribution in [3.63, 3.8) is 0 Å². The fourth-order valence-corrected chi connectivity index (χ4v) is 1.72. The van der Waals surface area contributed by atoms with Crippen LogP contribution >= 0.6 is 0 Å². The van der Waals surface area contributed by atoms with Crippen LogP contribution in [-0.2, 0) is 9.47 Å². The van der Waals surface area contributed by atoms with Crippen LogP contribution in [0.5, 0.6) is 0 Å². The van der Waals surface area contributed by atoms with E-state index in [-0.39, 0.29) is 6.10 Å². The van der Waals surface area contributed by atoms with Crippen molar-refractivity contribution in [2.45, 2.75) is 25.9 Å². The molecule has 1 saturated heterocycles. The second-order valence-electron chi connectivity index (χ2n) is 4.03. The van der Waals surface area contributed by atoms with E-state index < -0.39 is 0 Å². The highest BCUT2D eigenvalue weighted by Crippen LogP contribution is 2.12. The van der Waals surface area contributed by atoms with E-state index >= 15 is 0 Å². The molecular formula is C11H23NO3. The molecule has 0 saturated carbocycles. The number of ether oxygens (including phenoxy) is 2. The van der Waals surface area contributed by atoms with Gasteiger partial charge >= 0.3 is 0 Å². The number of rotatable bonds is 7. The first-order valence-corrected chi connectivity index (χ1v) is 5.87. The summed E-state index contributed by atoms with van der Waals surface area (Å²) >= 11 is 0. The van der Waals surface area contributed by atoms with Gasteiger partial charge in [0.2, 0.25) is 0 Å². The maximum absolute atomic E-state index is 9.50. The minimum atomic E-state index is -0.384. The zero-order valence-electron chi connectivity index (χ0n) is 9.58. The number of hydrogen-bond acceptors (Lipinski definition) is 4. The molecule has 1 aliphatic heterocycles. The summed E-state index contributed by atoms with van der Waals surface area (Å²) in [6.07, 6.45) is 1.88. The summed E-state index contributed by atoms with van der Waals surface area (Å²) in [5, 5.41) is 12.8. The van der Waals surface area contributed by atoms with Crippen molar-refractivity contribution in [2.75, 3.05) is 39.5 Å². The van der Waals surface area contributed by atoms with Crippen molar-refractivity contribution in [1.29, 1.82) is 0 Å². The van der Waals surface area contributed by atoms with Crippen LogP contribution in [0.4, 0.5) is 0 Å². The smallest absolute Gasteiger partial charge is 0.0897 e. The predicted molar refractivity (Wildman–Crippen MR) is 58.9 cm³/mol. The standard InChI is InChI=1S/C11H23NO3/c1-2-14-9-11(13)8-12-7-10-3-5-15-6-4-10/h10-13H,2-9H2,1H3. The Kier molecular flexibility index (Phi) is 6.92. The fourth-order valence-electron chi connectivity index (χ4n) is 1.72. The average molecular weight is 217 g/mol. The van der Waals surface area contributed by atoms with Crippen LogP contribution in [0.25, 0.3) is 0 Å². The first-order chi connectivity index (χ1) is 7.33. The van der Waals surface area contributed by atoms with Crippen LogP contribution in [0.2, 0.25) is 0 Å². The van der Waals surface area contributed by atoms with Crippen molar-refractivity contribution < 1.29 is 14.6 Å². The Bertz CT molecular complexity index is 149. The van der Waals surface area contributed by atoms with Gasteiger partial charge < -0.3 is 19.9 Å². The molecule has 1 aliphatic rings. The molecule has 90 valence electrons. The topological polar surface area (TPSA) is 50.7 Å². The highest BCUT2D eigenvalue weighted by Gasteiger charge is 2.13. The van der Waals surface area contributed by atoms with E-state index in [0.717, 1.165) is 32.6 Å². The molecule has 1 heterocycles. The monoisotopic (exact) mass is 217 g/mol. The molecule has 0 amide bonds. The lowest BCUT2D eigenvalue weighted by molar-refractivity contribution is 0.0391. The van der Waals surface area contributed by atoms with Crippen molar-refractivity contribution in [1.82, 2.24) is 5.32 Å². The largest absolute Gasteiger partial charge is 0.389 e. The van der Waals surface area contributed by atoms with Gasteiger partial charge in [-0.2, -0.15) is 0 Å². The number of aliphatic hydroxyl groups excluding tert-OH is 1. The Hall–Kier alpha value is -0.160. The Morgan fingerprint density at radius 2 is 2.20 bits per heavy atom. The summed E-state index contributed by atoms with van der Waals surface area (Å²) in [5.41, 5.74) is 0. The van der Waals surface area contributed by atoms with E-state index in [2.05, 4.69) is 5.32 Å². The number of hydrogen-bond donors (Lipinski definition) is 2. The molecule has 1 fully saturated rings. The summed E-state index contributed by atoms with van der Waals surface area (Å²) in [6, 6.07) is 0. The molecule has 0 spiro atoms. The second-order valence-corrected chi connectivity index (χ2v) is 4.03. The van der Waals surface area contributed by atoms with Gasteiger partial charge in [0.15, 0.2) is 0 Å². The molecule has 0 aromatic heterocycles. The van der Waals surface area contributed by atoms with Crippen LogP contribution < -0.4 is 5.32 Å². The molecule has 0 aliphatic carbocycles. The van der Waals surface area contributed by atoms with Crippen LogP contribution in [0.3, 0.4) is 0 Å². The van der Waals surface area contributed by atoms with Crippen LogP contribution in [0, 0.1) is 5.92 Å². The van der Waals surface area contributed by atoms with Crippen LogP contribution in [-0.4, -0.2) is 50.7 Å². The molecule has 4 nitrogen and oxygen atoms in total. The quantitative estimate of drug-likeness (QED) is 0.648. The number of nitrogens with one attached hydrogen (secondary N) is 1. The van der Waals surface area contributed by atoms with Gasteiger partial charge in [0.25, 0.3) is 0 Å². The Morgan fingerprint density at radius 3 is 2.87 bits per heavy atom. The third kappa shape index (κ3) is 6.10. The molecular weight excluding hydrogens is 194 g/mol. The molecule has 1 atom stereocenters. The molecule has 1 rings (SSSR count). The van der Waals surface area contributed by atoms with Gasteiger partial charge in [-0.05, 0) is 32.2 Å². The average Bonchev–Trinajstić information content (AvgIpc) is 2.28. The minimum Gasteiger partial charge on any atom is -0.389 e. The van der Waals surface area contributed by atoms with Gasteiger partial charge in [-0.3, -0.25) is 0 Å². The summed E-state index contributed by atoms with van der Waals surface area (Å²) in [7, 11) is 0. The highest BCUT2D eigenvalue weighted by atomic mass is 16.5. The summed E-state index contributed by atoms with van der Waals surface area (Å²) in [4.78, 5) is 0. The van der Waals surface area contributed by atoms with Gasteiger partial charge in [0.05, 0.1) is 12.7 Å². The SMILES string of the molecule is CCOCC(O)CNCC1CCOCC1. The lowest BCUT2D eigenvalue weighted by Gasteiger charge is -2.22. The van der Waals surface area contributed by atoms with Gasteiger partial charge in [-0.15, -0.1) is 0 Å². The van der Waals surface area contributed by atoms with E-state index in [0.29, 0.717) is 25.7 Å². The zero-order valence-corrected chi connectivity index (χ0v) is 9.58. The highest BCUT2D eigenvalue weighted by molar-refractivity contribution is 4.67. The molecule has 4 heteroatoms. The number of aliphatic hydroxyl groups is 1. The maximum atomic E-state index is 9.50. The fraction of sp³-hybridized carbons (Fsp3) is 1.00. The molecule has 0 aromatic carbocycles. The van der Waals surface area contributed by atoms with Gasteiger partial charge in [0.1, 0.15) is 0 Å². The lowest BCUT2D eigenvalue weighted by atomic mass is 10.0. The van der Waals surface area contributed by atoms with E-state index in [1.165, 1.54) is 0 Å². The second kappa shape index (κ2) is 8.05. The van der Waals surface area contributed by atoms with Crippen molar-refractivity contribution in [2.24, 2.45) is 5.92 Å². The Morgan fingerprint density at radius 1 is 1.47 bits per heavy atom. The van der Waals surface area contributed by atoms with E-state index in [9.17, 15) is 5.11 Å². The van der Waals surface area contributed by atoms with E-state index in [1.54, 1.807) is 0 Å². The molecule has 0 radical (unpaired) electrons. The van der Waals surface area contributed by atoms with Gasteiger partial charge in [0, 0.05) is 26.4 Å². The zero-order chi connectivity index (χ0) is 10.9. The molecule has 0 bridgehead atoms. The van der Waals surface area contributed by atoms with Gasteiger partial charge in [-0.1, -0.05) is 0 Å². The predicted octanol–water partition coefficient (Wildman–Crippen LogP) is 0.400. The normalized spacial score (nSPS) is 20.4. The Balaban J connectivity index is 1.94. The molecule has 15 heavy (non-hydrogen) atoms. The first-order valence-electron chi connectivity index (χ1n) is 5.87. The van der Waals surface area contributed by atoms with Crippen LogP contribution in [0.1, 0.15) is 19.8 Å². The Labute approximate surface area is 92.0 Å².